The molecule has 1 heterocycles. The van der Waals surface area contributed by atoms with Gasteiger partial charge >= 0.3 is 11.9 Å². The monoisotopic (exact) mass is 731 g/mol. The topological polar surface area (TPSA) is 152 Å². The second kappa shape index (κ2) is 33.3. The van der Waals surface area contributed by atoms with Crippen molar-refractivity contribution in [2.24, 2.45) is 0 Å². The van der Waals surface area contributed by atoms with Gasteiger partial charge in [0.15, 0.2) is 12.4 Å². The molecule has 1 saturated heterocycles. The van der Waals surface area contributed by atoms with Crippen LogP contribution in [-0.2, 0) is 28.5 Å². The van der Waals surface area contributed by atoms with Crippen LogP contribution in [0.15, 0.2) is 0 Å². The van der Waals surface area contributed by atoms with E-state index in [9.17, 15) is 30.0 Å². The van der Waals surface area contributed by atoms with Crippen LogP contribution in [0.3, 0.4) is 0 Å². The molecule has 1 aliphatic rings. The second-order valence-corrected chi connectivity index (χ2v) is 14.8. The van der Waals surface area contributed by atoms with E-state index in [4.69, 9.17) is 18.9 Å². The minimum Gasteiger partial charge on any atom is -0.462 e. The van der Waals surface area contributed by atoms with E-state index in [0.29, 0.717) is 6.42 Å². The Morgan fingerprint density at radius 2 is 0.922 bits per heavy atom. The molecule has 4 N–H and O–H groups in total. The largest absolute Gasteiger partial charge is 0.462 e. The van der Waals surface area contributed by atoms with Crippen LogP contribution in [0.5, 0.6) is 0 Å². The number of ether oxygens (including phenoxy) is 4. The van der Waals surface area contributed by atoms with Crippen molar-refractivity contribution in [2.45, 2.75) is 230 Å². The average Bonchev–Trinajstić information content (AvgIpc) is 3.13. The van der Waals surface area contributed by atoms with Crippen molar-refractivity contribution in [3.8, 4) is 0 Å². The van der Waals surface area contributed by atoms with Gasteiger partial charge in [-0.1, -0.05) is 168 Å². The molecule has 0 bridgehead atoms. The van der Waals surface area contributed by atoms with Crippen molar-refractivity contribution in [1.29, 1.82) is 0 Å². The normalized spacial score (nSPS) is 21.1. The minimum absolute atomic E-state index is 0.210. The molecule has 0 amide bonds. The number of unbranched alkanes of at least 4 members (excludes halogenated alkanes) is 24. The van der Waals surface area contributed by atoms with Crippen LogP contribution < -0.4 is 0 Å². The quantitative estimate of drug-likeness (QED) is 0.0371. The zero-order valence-electron chi connectivity index (χ0n) is 32.6. The number of carbonyl (C=O) groups is 2. The first-order valence-corrected chi connectivity index (χ1v) is 21.1. The summed E-state index contributed by atoms with van der Waals surface area (Å²) >= 11 is 0. The summed E-state index contributed by atoms with van der Waals surface area (Å²) < 4.78 is 22.1. The Bertz CT molecular complexity index is 809. The van der Waals surface area contributed by atoms with Gasteiger partial charge in [-0.2, -0.15) is 0 Å². The molecule has 51 heavy (non-hydrogen) atoms. The highest BCUT2D eigenvalue weighted by molar-refractivity contribution is 5.70. The lowest BCUT2D eigenvalue weighted by atomic mass is 9.99. The van der Waals surface area contributed by atoms with E-state index in [1.165, 1.54) is 122 Å². The van der Waals surface area contributed by atoms with Crippen molar-refractivity contribution in [3.63, 3.8) is 0 Å². The lowest BCUT2D eigenvalue weighted by Crippen LogP contribution is -2.59. The minimum atomic E-state index is -1.59. The van der Waals surface area contributed by atoms with E-state index in [0.717, 1.165) is 38.5 Å². The van der Waals surface area contributed by atoms with E-state index >= 15 is 0 Å². The molecular formula is C41H78O10. The highest BCUT2D eigenvalue weighted by atomic mass is 16.7. The number of hydrogen-bond donors (Lipinski definition) is 4. The van der Waals surface area contributed by atoms with Gasteiger partial charge in [0.2, 0.25) is 0 Å². The molecule has 0 radical (unpaired) electrons. The number of aliphatic hydroxyl groups is 4. The Morgan fingerprint density at radius 1 is 0.529 bits per heavy atom. The summed E-state index contributed by atoms with van der Waals surface area (Å²) in [6.07, 6.45) is 24.0. The zero-order chi connectivity index (χ0) is 37.4. The fourth-order valence-electron chi connectivity index (χ4n) is 6.60. The molecule has 0 aromatic rings. The molecule has 10 heteroatoms. The second-order valence-electron chi connectivity index (χ2n) is 14.8. The summed E-state index contributed by atoms with van der Waals surface area (Å²) in [5.41, 5.74) is 0. The lowest BCUT2D eigenvalue weighted by Gasteiger charge is -2.39. The van der Waals surface area contributed by atoms with E-state index in [1.54, 1.807) is 0 Å². The molecule has 10 nitrogen and oxygen atoms in total. The molecule has 2 unspecified atom stereocenters. The van der Waals surface area contributed by atoms with Crippen molar-refractivity contribution in [1.82, 2.24) is 0 Å². The summed E-state index contributed by atoms with van der Waals surface area (Å²) in [5.74, 6) is -0.797. The van der Waals surface area contributed by atoms with Crippen LogP contribution in [-0.4, -0.2) is 89.0 Å². The van der Waals surface area contributed by atoms with Gasteiger partial charge in [-0.05, 0) is 12.8 Å². The Morgan fingerprint density at radius 3 is 1.33 bits per heavy atom. The third-order valence-corrected chi connectivity index (χ3v) is 9.99. The fraction of sp³-hybridized carbons (Fsp3) is 0.951. The highest BCUT2D eigenvalue weighted by Gasteiger charge is 2.44. The summed E-state index contributed by atoms with van der Waals surface area (Å²) in [7, 11) is 0. The number of esters is 2. The fourth-order valence-corrected chi connectivity index (χ4v) is 6.60. The van der Waals surface area contributed by atoms with Crippen LogP contribution in [0.1, 0.15) is 194 Å². The van der Waals surface area contributed by atoms with Crippen molar-refractivity contribution < 1.29 is 49.0 Å². The van der Waals surface area contributed by atoms with E-state index < -0.39 is 49.4 Å². The molecule has 302 valence electrons. The molecule has 0 aromatic heterocycles. The van der Waals surface area contributed by atoms with E-state index in [1.807, 2.05) is 0 Å². The Balaban J connectivity index is 2.33. The van der Waals surface area contributed by atoms with Crippen LogP contribution >= 0.6 is 0 Å². The smallest absolute Gasteiger partial charge is 0.306 e. The predicted octanol–water partition coefficient (Wildman–Crippen LogP) is 8.22. The summed E-state index contributed by atoms with van der Waals surface area (Å²) in [6.45, 7) is 3.42. The molecule has 0 spiro atoms. The van der Waals surface area contributed by atoms with Crippen molar-refractivity contribution in [2.75, 3.05) is 19.8 Å². The summed E-state index contributed by atoms with van der Waals surface area (Å²) in [5, 5.41) is 39.9. The first-order chi connectivity index (χ1) is 24.8. The van der Waals surface area contributed by atoms with Gasteiger partial charge < -0.3 is 39.4 Å². The number of rotatable bonds is 35. The summed E-state index contributed by atoms with van der Waals surface area (Å²) in [4.78, 5) is 25.2. The average molecular weight is 731 g/mol. The van der Waals surface area contributed by atoms with Gasteiger partial charge in [-0.15, -0.1) is 0 Å². The summed E-state index contributed by atoms with van der Waals surface area (Å²) in [6, 6.07) is 0. The zero-order valence-corrected chi connectivity index (χ0v) is 32.6. The lowest BCUT2D eigenvalue weighted by molar-refractivity contribution is -0.305. The Hall–Kier alpha value is -1.30. The maximum atomic E-state index is 12.7. The van der Waals surface area contributed by atoms with Crippen LogP contribution in [0.2, 0.25) is 0 Å². The Labute approximate surface area is 310 Å². The maximum Gasteiger partial charge on any atom is 0.306 e. The molecule has 0 saturated carbocycles. The predicted molar refractivity (Wildman–Crippen MR) is 201 cm³/mol. The number of hydrogen-bond acceptors (Lipinski definition) is 10. The van der Waals surface area contributed by atoms with Gasteiger partial charge in [0.1, 0.15) is 31.0 Å². The Kier molecular flexibility index (Phi) is 31.1. The molecule has 0 aromatic carbocycles. The van der Waals surface area contributed by atoms with Crippen LogP contribution in [0.4, 0.5) is 0 Å². The van der Waals surface area contributed by atoms with Crippen molar-refractivity contribution >= 4 is 11.9 Å². The number of carbonyl (C=O) groups excluding carboxylic acids is 2. The molecule has 6 atom stereocenters. The van der Waals surface area contributed by atoms with Gasteiger partial charge in [0.25, 0.3) is 0 Å². The SMILES string of the molecule is CCCCCCCCCCCCCCCCCCC(=O)O[C@H](COC(=O)CCCCCCCCCCCC)CO[C@@H]1O[C@H](CO)[C@H](O)C(O)C1O. The molecule has 0 aliphatic carbocycles. The van der Waals surface area contributed by atoms with Crippen LogP contribution in [0.25, 0.3) is 0 Å². The van der Waals surface area contributed by atoms with Gasteiger partial charge in [-0.25, -0.2) is 0 Å². The van der Waals surface area contributed by atoms with Gasteiger partial charge in [-0.3, -0.25) is 9.59 Å². The molecule has 1 rings (SSSR count). The first kappa shape index (κ1) is 47.7. The van der Waals surface area contributed by atoms with E-state index in [-0.39, 0.29) is 32.0 Å². The molecule has 1 aliphatic heterocycles. The number of aliphatic hydroxyl groups excluding tert-OH is 4. The third-order valence-electron chi connectivity index (χ3n) is 9.99. The first-order valence-electron chi connectivity index (χ1n) is 21.1. The highest BCUT2D eigenvalue weighted by Crippen LogP contribution is 2.23. The van der Waals surface area contributed by atoms with Crippen LogP contribution in [0, 0.1) is 0 Å². The van der Waals surface area contributed by atoms with E-state index in [2.05, 4.69) is 13.8 Å². The molecule has 1 fully saturated rings. The third kappa shape index (κ3) is 25.4. The van der Waals surface area contributed by atoms with Gasteiger partial charge in [0.05, 0.1) is 13.2 Å². The standard InChI is InChI=1S/C41H78O10/c1-3-5-7-9-11-13-15-16-17-18-19-20-22-24-26-28-30-37(44)50-34(33-49-41-40(47)39(46)38(45)35(31-42)51-41)32-48-36(43)29-27-25-23-21-14-12-10-8-6-4-2/h34-35,38-42,45-47H,3-33H2,1-2H3/t34-,35-,38+,39?,40?,41-/m1/s1. The van der Waals surface area contributed by atoms with Gasteiger partial charge in [0, 0.05) is 12.8 Å². The maximum absolute atomic E-state index is 12.7. The molecular weight excluding hydrogens is 652 g/mol. The van der Waals surface area contributed by atoms with Crippen molar-refractivity contribution in [3.05, 3.63) is 0 Å².